The molecule has 0 aliphatic heterocycles. The maximum atomic E-state index is 13.6. The van der Waals surface area contributed by atoms with Crippen molar-refractivity contribution in [2.45, 2.75) is 27.0 Å². The van der Waals surface area contributed by atoms with Crippen LogP contribution in [0.3, 0.4) is 0 Å². The molecule has 1 unspecified atom stereocenters. The van der Waals surface area contributed by atoms with Crippen molar-refractivity contribution in [3.05, 3.63) is 60.6 Å². The number of hydrogen-bond acceptors (Lipinski definition) is 5. The number of aromatic nitrogens is 5. The molecule has 4 aromatic heterocycles. The average molecular weight is 377 g/mol. The van der Waals surface area contributed by atoms with Crippen molar-refractivity contribution >= 4 is 11.0 Å². The second kappa shape index (κ2) is 7.44. The molecular weight excluding hydrogens is 357 g/mol. The van der Waals surface area contributed by atoms with Crippen LogP contribution in [0, 0.1) is 12.9 Å². The minimum absolute atomic E-state index is 0.263. The Morgan fingerprint density at radius 3 is 2.57 bits per heavy atom. The van der Waals surface area contributed by atoms with E-state index in [2.05, 4.69) is 15.0 Å². The zero-order chi connectivity index (χ0) is 19.7. The molecule has 0 bridgehead atoms. The summed E-state index contributed by atoms with van der Waals surface area (Å²) >= 11 is 0. The summed E-state index contributed by atoms with van der Waals surface area (Å²) in [6.07, 6.45) is 4.66. The lowest BCUT2D eigenvalue weighted by atomic mass is 10.1. The highest BCUT2D eigenvalue weighted by Gasteiger charge is 2.18. The van der Waals surface area contributed by atoms with Crippen molar-refractivity contribution in [3.8, 4) is 22.4 Å². The highest BCUT2D eigenvalue weighted by molar-refractivity contribution is 5.93. The highest BCUT2D eigenvalue weighted by atomic mass is 19.1. The van der Waals surface area contributed by atoms with Gasteiger partial charge in [-0.1, -0.05) is 0 Å². The van der Waals surface area contributed by atoms with Crippen molar-refractivity contribution in [2.75, 3.05) is 6.61 Å². The lowest BCUT2D eigenvalue weighted by Gasteiger charge is -2.12. The average Bonchev–Trinajstić information content (AvgIpc) is 3.07. The van der Waals surface area contributed by atoms with Gasteiger partial charge in [0.15, 0.2) is 5.65 Å². The van der Waals surface area contributed by atoms with Crippen LogP contribution >= 0.6 is 0 Å². The van der Waals surface area contributed by atoms with Gasteiger partial charge in [-0.2, -0.15) is 9.49 Å². The van der Waals surface area contributed by atoms with Gasteiger partial charge in [0.25, 0.3) is 0 Å². The molecular formula is C21H20FN5O. The van der Waals surface area contributed by atoms with Gasteiger partial charge in [0.05, 0.1) is 0 Å². The summed E-state index contributed by atoms with van der Waals surface area (Å²) in [4.78, 5) is 12.5. The van der Waals surface area contributed by atoms with Crippen LogP contribution < -0.4 is 0 Å². The molecule has 4 rings (SSSR count). The number of hydrogen-bond donors (Lipinski definition) is 0. The summed E-state index contributed by atoms with van der Waals surface area (Å²) in [5, 5.41) is 5.65. The predicted octanol–water partition coefficient (Wildman–Crippen LogP) is 4.56. The van der Waals surface area contributed by atoms with Crippen molar-refractivity contribution in [1.82, 2.24) is 24.7 Å². The van der Waals surface area contributed by atoms with E-state index in [9.17, 15) is 4.39 Å². The van der Waals surface area contributed by atoms with E-state index in [-0.39, 0.29) is 6.23 Å². The molecule has 0 spiro atoms. The van der Waals surface area contributed by atoms with Gasteiger partial charge in [-0.3, -0.25) is 4.98 Å². The highest BCUT2D eigenvalue weighted by Crippen LogP contribution is 2.32. The van der Waals surface area contributed by atoms with Crippen LogP contribution in [0.2, 0.25) is 0 Å². The normalized spacial score (nSPS) is 12.4. The zero-order valence-electron chi connectivity index (χ0n) is 15.9. The number of fused-ring (bicyclic) bond motifs is 1. The van der Waals surface area contributed by atoms with Gasteiger partial charge in [-0.05, 0) is 50.6 Å². The van der Waals surface area contributed by atoms with E-state index in [1.165, 1.54) is 12.3 Å². The lowest BCUT2D eigenvalue weighted by molar-refractivity contribution is 0.0189. The molecule has 0 radical (unpaired) electrons. The van der Waals surface area contributed by atoms with Gasteiger partial charge in [-0.15, -0.1) is 0 Å². The fourth-order valence-electron chi connectivity index (χ4n) is 3.23. The quantitative estimate of drug-likeness (QED) is 0.477. The second-order valence-electron chi connectivity index (χ2n) is 6.50. The van der Waals surface area contributed by atoms with Crippen LogP contribution in [0.4, 0.5) is 4.39 Å². The van der Waals surface area contributed by atoms with Crippen molar-refractivity contribution in [2.24, 2.45) is 0 Å². The molecule has 0 saturated carbocycles. The van der Waals surface area contributed by atoms with Gasteiger partial charge in [-0.25, -0.2) is 14.6 Å². The number of pyridine rings is 3. The minimum atomic E-state index is -0.525. The number of rotatable bonds is 5. The van der Waals surface area contributed by atoms with Crippen LogP contribution in [0.1, 0.15) is 25.8 Å². The second-order valence-corrected chi connectivity index (χ2v) is 6.50. The molecule has 0 aliphatic carbocycles. The van der Waals surface area contributed by atoms with E-state index in [1.54, 1.807) is 23.1 Å². The van der Waals surface area contributed by atoms with Crippen molar-refractivity contribution in [3.63, 3.8) is 0 Å². The van der Waals surface area contributed by atoms with Crippen LogP contribution in [-0.4, -0.2) is 31.3 Å². The van der Waals surface area contributed by atoms with E-state index in [0.717, 1.165) is 27.9 Å². The van der Waals surface area contributed by atoms with Crippen LogP contribution in [0.15, 0.2) is 48.9 Å². The number of halogens is 1. The zero-order valence-corrected chi connectivity index (χ0v) is 15.9. The van der Waals surface area contributed by atoms with Crippen LogP contribution in [-0.2, 0) is 4.74 Å². The third-order valence-electron chi connectivity index (χ3n) is 4.53. The van der Waals surface area contributed by atoms with E-state index >= 15 is 0 Å². The van der Waals surface area contributed by atoms with Crippen molar-refractivity contribution < 1.29 is 9.13 Å². The summed E-state index contributed by atoms with van der Waals surface area (Å²) in [6, 6.07) is 9.03. The third-order valence-corrected chi connectivity index (χ3v) is 4.53. The summed E-state index contributed by atoms with van der Waals surface area (Å²) in [5.74, 6) is -0.525. The van der Waals surface area contributed by atoms with Gasteiger partial charge in [0.1, 0.15) is 11.9 Å². The standard InChI is InChI=1S/C21H20FN5O/c1-4-28-14(3)27-21-18(20(26-27)16-6-7-23-13(2)9-16)10-17(12-25-21)15-5-8-24-19(22)11-15/h5-12,14H,4H2,1-3H3. The van der Waals surface area contributed by atoms with Gasteiger partial charge in [0.2, 0.25) is 5.95 Å². The molecule has 0 amide bonds. The molecule has 0 aliphatic rings. The van der Waals surface area contributed by atoms with Gasteiger partial charge < -0.3 is 4.74 Å². The summed E-state index contributed by atoms with van der Waals surface area (Å²) in [7, 11) is 0. The maximum absolute atomic E-state index is 13.6. The maximum Gasteiger partial charge on any atom is 0.213 e. The van der Waals surface area contributed by atoms with Crippen LogP contribution in [0.25, 0.3) is 33.4 Å². The van der Waals surface area contributed by atoms with E-state index in [0.29, 0.717) is 17.8 Å². The first kappa shape index (κ1) is 18.2. The number of nitrogens with zero attached hydrogens (tertiary/aromatic N) is 5. The molecule has 6 nitrogen and oxygen atoms in total. The molecule has 7 heteroatoms. The Labute approximate surface area is 162 Å². The monoisotopic (exact) mass is 377 g/mol. The van der Waals surface area contributed by atoms with E-state index < -0.39 is 5.95 Å². The first-order valence-corrected chi connectivity index (χ1v) is 9.11. The Morgan fingerprint density at radius 2 is 1.82 bits per heavy atom. The molecule has 4 heterocycles. The fraction of sp³-hybridized carbons (Fsp3) is 0.238. The summed E-state index contributed by atoms with van der Waals surface area (Å²) in [6.45, 7) is 6.39. The SMILES string of the molecule is CCOC(C)n1nc(-c2ccnc(C)c2)c2cc(-c3ccnc(F)c3)cnc21. The van der Waals surface area contributed by atoms with Gasteiger partial charge >= 0.3 is 0 Å². The Balaban J connectivity index is 1.94. The van der Waals surface area contributed by atoms with Crippen LogP contribution in [0.5, 0.6) is 0 Å². The largest absolute Gasteiger partial charge is 0.357 e. The minimum Gasteiger partial charge on any atom is -0.357 e. The first-order valence-electron chi connectivity index (χ1n) is 9.11. The molecule has 0 aromatic carbocycles. The fourth-order valence-corrected chi connectivity index (χ4v) is 3.23. The molecule has 28 heavy (non-hydrogen) atoms. The smallest absolute Gasteiger partial charge is 0.213 e. The number of aryl methyl sites for hydroxylation is 1. The van der Waals surface area contributed by atoms with E-state index in [4.69, 9.17) is 9.84 Å². The molecule has 0 fully saturated rings. The Bertz CT molecular complexity index is 1140. The third kappa shape index (κ3) is 3.36. The molecule has 0 saturated heterocycles. The molecule has 142 valence electrons. The number of ether oxygens (including phenoxy) is 1. The summed E-state index contributed by atoms with van der Waals surface area (Å²) < 4.78 is 21.1. The Hall–Kier alpha value is -3.19. The molecule has 1 atom stereocenters. The van der Waals surface area contributed by atoms with E-state index in [1.807, 2.05) is 39.0 Å². The molecule has 4 aromatic rings. The van der Waals surface area contributed by atoms with Crippen molar-refractivity contribution in [1.29, 1.82) is 0 Å². The molecule has 0 N–H and O–H groups in total. The lowest BCUT2D eigenvalue weighted by Crippen LogP contribution is -2.11. The Morgan fingerprint density at radius 1 is 1.04 bits per heavy atom. The topological polar surface area (TPSA) is 65.7 Å². The predicted molar refractivity (Wildman–Crippen MR) is 105 cm³/mol. The summed E-state index contributed by atoms with van der Waals surface area (Å²) in [5.41, 5.74) is 4.85. The van der Waals surface area contributed by atoms with Gasteiger partial charge in [0, 0.05) is 53.5 Å². The first-order chi connectivity index (χ1) is 13.6. The Kier molecular flexibility index (Phi) is 4.83.